The van der Waals surface area contributed by atoms with Crippen molar-refractivity contribution in [2.24, 2.45) is 0 Å². The molecule has 0 atom stereocenters. The molecule has 0 saturated heterocycles. The van der Waals surface area contributed by atoms with Crippen molar-refractivity contribution in [3.8, 4) is 0 Å². The van der Waals surface area contributed by atoms with Gasteiger partial charge in [-0.05, 0) is 20.3 Å². The Kier molecular flexibility index (Phi) is 5.43. The van der Waals surface area contributed by atoms with Gasteiger partial charge in [0.1, 0.15) is 0 Å². The molecule has 1 aromatic heterocycles. The zero-order chi connectivity index (χ0) is 14.4. The van der Waals surface area contributed by atoms with Gasteiger partial charge < -0.3 is 5.11 Å². The van der Waals surface area contributed by atoms with E-state index in [0.29, 0.717) is 5.13 Å². The van der Waals surface area contributed by atoms with Crippen LogP contribution in [0.1, 0.15) is 29.8 Å². The van der Waals surface area contributed by atoms with Crippen LogP contribution in [0.4, 0.5) is 9.93 Å². The van der Waals surface area contributed by atoms with Gasteiger partial charge in [-0.3, -0.25) is 20.2 Å². The summed E-state index contributed by atoms with van der Waals surface area (Å²) in [5.41, 5.74) is 0.827. The molecule has 19 heavy (non-hydrogen) atoms. The smallest absolute Gasteiger partial charge is 0.327 e. The standard InChI is InChI=1S/C11H15N3O4S/c1-6-7(2)19-11(12-6)14-10(18)13-8(15)4-3-5-9(16)17/h3-5H2,1-2H3,(H,16,17)(H2,12,13,14,15,18). The number of aryl methyl sites for hydroxylation is 2. The summed E-state index contributed by atoms with van der Waals surface area (Å²) < 4.78 is 0. The number of carboxylic acid groups (broad SMARTS) is 1. The van der Waals surface area contributed by atoms with Crippen molar-refractivity contribution >= 4 is 34.4 Å². The van der Waals surface area contributed by atoms with Crippen molar-refractivity contribution in [3.63, 3.8) is 0 Å². The number of nitrogens with zero attached hydrogens (tertiary/aromatic N) is 1. The number of aromatic nitrogens is 1. The number of aliphatic carboxylic acids is 1. The molecule has 104 valence electrons. The Balaban J connectivity index is 2.34. The molecule has 0 aliphatic rings. The number of carboxylic acids is 1. The molecule has 7 nitrogen and oxygen atoms in total. The molecule has 0 saturated carbocycles. The lowest BCUT2D eigenvalue weighted by Gasteiger charge is -2.03. The molecule has 8 heteroatoms. The number of carbonyl (C=O) groups excluding carboxylic acids is 2. The molecular formula is C11H15N3O4S. The van der Waals surface area contributed by atoms with E-state index in [1.54, 1.807) is 0 Å². The van der Waals surface area contributed by atoms with Crippen LogP contribution in [-0.2, 0) is 9.59 Å². The summed E-state index contributed by atoms with van der Waals surface area (Å²) in [7, 11) is 0. The third-order valence-corrected chi connectivity index (χ3v) is 3.28. The maximum Gasteiger partial charge on any atom is 0.327 e. The highest BCUT2D eigenvalue weighted by Gasteiger charge is 2.11. The highest BCUT2D eigenvalue weighted by molar-refractivity contribution is 7.15. The van der Waals surface area contributed by atoms with E-state index in [-0.39, 0.29) is 19.3 Å². The fraction of sp³-hybridized carbons (Fsp3) is 0.455. The van der Waals surface area contributed by atoms with Gasteiger partial charge in [-0.1, -0.05) is 0 Å². The summed E-state index contributed by atoms with van der Waals surface area (Å²) in [4.78, 5) is 38.1. The largest absolute Gasteiger partial charge is 0.481 e. The van der Waals surface area contributed by atoms with Crippen molar-refractivity contribution < 1.29 is 19.5 Å². The van der Waals surface area contributed by atoms with Gasteiger partial charge in [0.15, 0.2) is 5.13 Å². The van der Waals surface area contributed by atoms with Gasteiger partial charge >= 0.3 is 12.0 Å². The van der Waals surface area contributed by atoms with Crippen molar-refractivity contribution in [1.82, 2.24) is 10.3 Å². The predicted molar refractivity (Wildman–Crippen MR) is 70.2 cm³/mol. The number of carbonyl (C=O) groups is 3. The topological polar surface area (TPSA) is 108 Å². The first-order valence-electron chi connectivity index (χ1n) is 5.65. The quantitative estimate of drug-likeness (QED) is 0.762. The number of hydrogen-bond donors (Lipinski definition) is 3. The van der Waals surface area contributed by atoms with E-state index in [1.165, 1.54) is 11.3 Å². The normalized spacial score (nSPS) is 10.0. The number of hydrogen-bond acceptors (Lipinski definition) is 5. The minimum Gasteiger partial charge on any atom is -0.481 e. The van der Waals surface area contributed by atoms with E-state index in [9.17, 15) is 14.4 Å². The molecule has 0 fully saturated rings. The van der Waals surface area contributed by atoms with Crippen molar-refractivity contribution in [3.05, 3.63) is 10.6 Å². The number of anilines is 1. The molecule has 0 unspecified atom stereocenters. The van der Waals surface area contributed by atoms with E-state index in [2.05, 4.69) is 15.6 Å². The van der Waals surface area contributed by atoms with E-state index in [1.807, 2.05) is 13.8 Å². The summed E-state index contributed by atoms with van der Waals surface area (Å²) in [6.45, 7) is 3.71. The van der Waals surface area contributed by atoms with E-state index in [4.69, 9.17) is 5.11 Å². The Hall–Kier alpha value is -1.96. The van der Waals surface area contributed by atoms with Gasteiger partial charge in [0, 0.05) is 17.7 Å². The fourth-order valence-electron chi connectivity index (χ4n) is 1.24. The van der Waals surface area contributed by atoms with Crippen LogP contribution < -0.4 is 10.6 Å². The van der Waals surface area contributed by atoms with Gasteiger partial charge in [0.25, 0.3) is 0 Å². The molecule has 0 bridgehead atoms. The zero-order valence-electron chi connectivity index (χ0n) is 10.6. The van der Waals surface area contributed by atoms with Crippen LogP contribution >= 0.6 is 11.3 Å². The molecule has 3 N–H and O–H groups in total. The van der Waals surface area contributed by atoms with Crippen LogP contribution in [-0.4, -0.2) is 28.0 Å². The van der Waals surface area contributed by atoms with Crippen LogP contribution in [0.15, 0.2) is 0 Å². The summed E-state index contributed by atoms with van der Waals surface area (Å²) in [6.07, 6.45) is 0.0967. The number of rotatable bonds is 5. The molecule has 0 aromatic carbocycles. The van der Waals surface area contributed by atoms with Crippen molar-refractivity contribution in [1.29, 1.82) is 0 Å². The maximum absolute atomic E-state index is 11.4. The summed E-state index contributed by atoms with van der Waals surface area (Å²) in [5.74, 6) is -1.48. The molecule has 0 radical (unpaired) electrons. The predicted octanol–water partition coefficient (Wildman–Crippen LogP) is 1.66. The number of nitrogens with one attached hydrogen (secondary N) is 2. The van der Waals surface area contributed by atoms with Crippen LogP contribution in [0.5, 0.6) is 0 Å². The molecule has 3 amide bonds. The Labute approximate surface area is 114 Å². The van der Waals surface area contributed by atoms with E-state index >= 15 is 0 Å². The lowest BCUT2D eigenvalue weighted by Crippen LogP contribution is -2.34. The van der Waals surface area contributed by atoms with Crippen LogP contribution in [0.3, 0.4) is 0 Å². The second-order valence-corrected chi connectivity index (χ2v) is 5.11. The summed E-state index contributed by atoms with van der Waals surface area (Å²) in [5, 5.41) is 13.4. The number of thiazole rings is 1. The van der Waals surface area contributed by atoms with Crippen LogP contribution in [0, 0.1) is 13.8 Å². The van der Waals surface area contributed by atoms with E-state index < -0.39 is 17.9 Å². The molecule has 0 spiro atoms. The minimum atomic E-state index is -0.967. The maximum atomic E-state index is 11.4. The lowest BCUT2D eigenvalue weighted by molar-refractivity contribution is -0.137. The first kappa shape index (κ1) is 15.1. The third kappa shape index (κ3) is 5.47. The molecule has 1 aromatic rings. The van der Waals surface area contributed by atoms with Crippen molar-refractivity contribution in [2.45, 2.75) is 33.1 Å². The lowest BCUT2D eigenvalue weighted by atomic mass is 10.2. The monoisotopic (exact) mass is 285 g/mol. The molecular weight excluding hydrogens is 270 g/mol. The summed E-state index contributed by atoms with van der Waals surface area (Å²) >= 11 is 1.32. The highest BCUT2D eigenvalue weighted by Crippen LogP contribution is 2.20. The van der Waals surface area contributed by atoms with Gasteiger partial charge in [0.05, 0.1) is 5.69 Å². The SMILES string of the molecule is Cc1nc(NC(=O)NC(=O)CCCC(=O)O)sc1C. The van der Waals surface area contributed by atoms with Gasteiger partial charge in [-0.25, -0.2) is 9.78 Å². The second kappa shape index (κ2) is 6.83. The third-order valence-electron chi connectivity index (χ3n) is 2.30. The minimum absolute atomic E-state index is 0.00432. The second-order valence-electron chi connectivity index (χ2n) is 3.91. The molecule has 1 rings (SSSR count). The van der Waals surface area contributed by atoms with Gasteiger partial charge in [-0.15, -0.1) is 11.3 Å². The first-order chi connectivity index (χ1) is 8.88. The van der Waals surface area contributed by atoms with Gasteiger partial charge in [-0.2, -0.15) is 0 Å². The number of amides is 3. The van der Waals surface area contributed by atoms with Crippen LogP contribution in [0.25, 0.3) is 0 Å². The number of urea groups is 1. The van der Waals surface area contributed by atoms with E-state index in [0.717, 1.165) is 10.6 Å². The molecule has 1 heterocycles. The highest BCUT2D eigenvalue weighted by atomic mass is 32.1. The average Bonchev–Trinajstić information content (AvgIpc) is 2.56. The molecule has 0 aliphatic carbocycles. The van der Waals surface area contributed by atoms with Crippen molar-refractivity contribution in [2.75, 3.05) is 5.32 Å². The number of imide groups is 1. The summed E-state index contributed by atoms with van der Waals surface area (Å²) in [6, 6.07) is -0.658. The fourth-order valence-corrected chi connectivity index (χ4v) is 2.05. The Bertz CT molecular complexity index is 479. The molecule has 0 aliphatic heterocycles. The Morgan fingerprint density at radius 1 is 1.26 bits per heavy atom. The Morgan fingerprint density at radius 2 is 1.95 bits per heavy atom. The van der Waals surface area contributed by atoms with Gasteiger partial charge in [0.2, 0.25) is 5.91 Å². The van der Waals surface area contributed by atoms with Crippen LogP contribution in [0.2, 0.25) is 0 Å². The Morgan fingerprint density at radius 3 is 2.47 bits per heavy atom. The zero-order valence-corrected chi connectivity index (χ0v) is 11.5. The first-order valence-corrected chi connectivity index (χ1v) is 6.47. The average molecular weight is 285 g/mol.